The molecule has 21 heavy (non-hydrogen) atoms. The van der Waals surface area contributed by atoms with Gasteiger partial charge in [0, 0.05) is 37.3 Å². The molecule has 1 aliphatic rings. The van der Waals surface area contributed by atoms with Gasteiger partial charge in [-0.2, -0.15) is 0 Å². The van der Waals surface area contributed by atoms with Gasteiger partial charge < -0.3 is 5.32 Å². The Morgan fingerprint density at radius 1 is 1.33 bits per heavy atom. The van der Waals surface area contributed by atoms with Crippen LogP contribution in [0.15, 0.2) is 24.3 Å². The van der Waals surface area contributed by atoms with E-state index in [-0.39, 0.29) is 10.6 Å². The average Bonchev–Trinajstić information content (AvgIpc) is 2.47. The highest BCUT2D eigenvalue weighted by atomic mass is 16.6. The molecule has 1 aromatic carbocycles. The Labute approximate surface area is 126 Å². The molecule has 0 radical (unpaired) electrons. The number of rotatable bonds is 6. The molecule has 0 bridgehead atoms. The van der Waals surface area contributed by atoms with Crippen LogP contribution in [0.4, 0.5) is 5.69 Å². The minimum Gasteiger partial charge on any atom is -0.313 e. The van der Waals surface area contributed by atoms with Crippen molar-refractivity contribution in [3.63, 3.8) is 0 Å². The average molecular weight is 291 g/mol. The standard InChI is InChI=1S/C16H25N3O2/c1-13(2)17-11-16-5-3-4-10-18(16)12-14-6-8-15(9-7-14)19(20)21/h6-9,13,16-17H,3-5,10-12H2,1-2H3. The molecule has 1 fully saturated rings. The first-order chi connectivity index (χ1) is 10.1. The number of non-ortho nitro benzene ring substituents is 1. The van der Waals surface area contributed by atoms with Gasteiger partial charge in [-0.25, -0.2) is 0 Å². The molecular formula is C16H25N3O2. The third-order valence-corrected chi connectivity index (χ3v) is 4.04. The monoisotopic (exact) mass is 291 g/mol. The van der Waals surface area contributed by atoms with Crippen LogP contribution in [0.2, 0.25) is 0 Å². The van der Waals surface area contributed by atoms with Gasteiger partial charge in [0.2, 0.25) is 0 Å². The maximum atomic E-state index is 10.7. The van der Waals surface area contributed by atoms with E-state index in [0.717, 1.165) is 25.2 Å². The van der Waals surface area contributed by atoms with Gasteiger partial charge in [0.05, 0.1) is 4.92 Å². The minimum atomic E-state index is -0.347. The number of hydrogen-bond donors (Lipinski definition) is 1. The van der Waals surface area contributed by atoms with Gasteiger partial charge >= 0.3 is 0 Å². The first kappa shape index (κ1) is 15.9. The fourth-order valence-electron chi connectivity index (χ4n) is 2.83. The summed E-state index contributed by atoms with van der Waals surface area (Å²) in [6, 6.07) is 8.02. The zero-order chi connectivity index (χ0) is 15.2. The predicted molar refractivity (Wildman–Crippen MR) is 84.3 cm³/mol. The van der Waals surface area contributed by atoms with E-state index < -0.39 is 0 Å². The number of benzene rings is 1. The second-order valence-corrected chi connectivity index (χ2v) is 6.11. The van der Waals surface area contributed by atoms with Crippen LogP contribution in [-0.2, 0) is 6.54 Å². The summed E-state index contributed by atoms with van der Waals surface area (Å²) in [5.41, 5.74) is 1.31. The summed E-state index contributed by atoms with van der Waals surface area (Å²) in [4.78, 5) is 12.8. The quantitative estimate of drug-likeness (QED) is 0.646. The van der Waals surface area contributed by atoms with E-state index in [1.807, 2.05) is 12.1 Å². The largest absolute Gasteiger partial charge is 0.313 e. The van der Waals surface area contributed by atoms with Crippen LogP contribution in [0.1, 0.15) is 38.7 Å². The lowest BCUT2D eigenvalue weighted by Gasteiger charge is -2.36. The first-order valence-corrected chi connectivity index (χ1v) is 7.77. The van der Waals surface area contributed by atoms with Crippen LogP contribution >= 0.6 is 0 Å². The Bertz CT molecular complexity index is 459. The van der Waals surface area contributed by atoms with Crippen molar-refractivity contribution in [1.29, 1.82) is 0 Å². The molecule has 1 atom stereocenters. The Kier molecular flexibility index (Phi) is 5.70. The van der Waals surface area contributed by atoms with E-state index in [2.05, 4.69) is 24.1 Å². The van der Waals surface area contributed by atoms with Gasteiger partial charge in [0.15, 0.2) is 0 Å². The van der Waals surface area contributed by atoms with Crippen LogP contribution < -0.4 is 5.32 Å². The maximum Gasteiger partial charge on any atom is 0.269 e. The molecule has 5 heteroatoms. The van der Waals surface area contributed by atoms with Crippen molar-refractivity contribution in [3.05, 3.63) is 39.9 Å². The summed E-state index contributed by atoms with van der Waals surface area (Å²) in [5.74, 6) is 0. The molecule has 0 saturated carbocycles. The molecule has 5 nitrogen and oxygen atoms in total. The zero-order valence-electron chi connectivity index (χ0n) is 12.9. The normalized spacial score (nSPS) is 19.9. The van der Waals surface area contributed by atoms with Crippen LogP contribution in [0.5, 0.6) is 0 Å². The topological polar surface area (TPSA) is 58.4 Å². The maximum absolute atomic E-state index is 10.7. The molecule has 1 heterocycles. The molecule has 0 amide bonds. The van der Waals surface area contributed by atoms with Crippen LogP contribution in [-0.4, -0.2) is 35.0 Å². The van der Waals surface area contributed by atoms with Crippen molar-refractivity contribution in [3.8, 4) is 0 Å². The summed E-state index contributed by atoms with van der Waals surface area (Å²) >= 11 is 0. The fourth-order valence-corrected chi connectivity index (χ4v) is 2.83. The number of nitrogens with zero attached hydrogens (tertiary/aromatic N) is 2. The fraction of sp³-hybridized carbons (Fsp3) is 0.625. The molecule has 1 aliphatic heterocycles. The number of likely N-dealkylation sites (tertiary alicyclic amines) is 1. The van der Waals surface area contributed by atoms with Gasteiger partial charge in [-0.3, -0.25) is 15.0 Å². The van der Waals surface area contributed by atoms with Gasteiger partial charge in [0.1, 0.15) is 0 Å². The summed E-state index contributed by atoms with van der Waals surface area (Å²) in [5, 5.41) is 14.2. The second kappa shape index (κ2) is 7.52. The molecular weight excluding hydrogens is 266 g/mol. The van der Waals surface area contributed by atoms with Crippen molar-refractivity contribution in [2.45, 2.75) is 51.7 Å². The molecule has 1 N–H and O–H groups in total. The van der Waals surface area contributed by atoms with Gasteiger partial charge in [-0.1, -0.05) is 32.4 Å². The molecule has 0 aliphatic carbocycles. The van der Waals surface area contributed by atoms with Gasteiger partial charge in [-0.05, 0) is 24.9 Å². The van der Waals surface area contributed by atoms with Gasteiger partial charge in [-0.15, -0.1) is 0 Å². The molecule has 0 spiro atoms. The smallest absolute Gasteiger partial charge is 0.269 e. The van der Waals surface area contributed by atoms with Crippen LogP contribution in [0, 0.1) is 10.1 Å². The lowest BCUT2D eigenvalue weighted by Crippen LogP contribution is -2.46. The van der Waals surface area contributed by atoms with E-state index in [9.17, 15) is 10.1 Å². The van der Waals surface area contributed by atoms with E-state index >= 15 is 0 Å². The van der Waals surface area contributed by atoms with E-state index in [1.54, 1.807) is 12.1 Å². The molecule has 0 aromatic heterocycles. The Morgan fingerprint density at radius 3 is 2.67 bits per heavy atom. The predicted octanol–water partition coefficient (Wildman–Crippen LogP) is 2.95. The highest BCUT2D eigenvalue weighted by Gasteiger charge is 2.22. The van der Waals surface area contributed by atoms with Crippen molar-refractivity contribution in [2.75, 3.05) is 13.1 Å². The van der Waals surface area contributed by atoms with E-state index in [0.29, 0.717) is 12.1 Å². The number of nitro benzene ring substituents is 1. The van der Waals surface area contributed by atoms with Crippen molar-refractivity contribution in [2.24, 2.45) is 0 Å². The highest BCUT2D eigenvalue weighted by Crippen LogP contribution is 2.20. The third-order valence-electron chi connectivity index (χ3n) is 4.04. The number of hydrogen-bond acceptors (Lipinski definition) is 4. The molecule has 1 unspecified atom stereocenters. The summed E-state index contributed by atoms with van der Waals surface area (Å²) in [6.07, 6.45) is 3.76. The lowest BCUT2D eigenvalue weighted by molar-refractivity contribution is -0.384. The van der Waals surface area contributed by atoms with Crippen molar-refractivity contribution in [1.82, 2.24) is 10.2 Å². The minimum absolute atomic E-state index is 0.162. The van der Waals surface area contributed by atoms with Crippen molar-refractivity contribution < 1.29 is 4.92 Å². The SMILES string of the molecule is CC(C)NCC1CCCCN1Cc1ccc([N+](=O)[O-])cc1. The number of piperidine rings is 1. The molecule has 1 aromatic rings. The number of nitrogens with one attached hydrogen (secondary N) is 1. The highest BCUT2D eigenvalue weighted by molar-refractivity contribution is 5.32. The van der Waals surface area contributed by atoms with Crippen LogP contribution in [0.25, 0.3) is 0 Å². The molecule has 2 rings (SSSR count). The molecule has 1 saturated heterocycles. The first-order valence-electron chi connectivity index (χ1n) is 7.77. The zero-order valence-corrected chi connectivity index (χ0v) is 12.9. The lowest BCUT2D eigenvalue weighted by atomic mass is 10.0. The van der Waals surface area contributed by atoms with Crippen LogP contribution in [0.3, 0.4) is 0 Å². The van der Waals surface area contributed by atoms with Gasteiger partial charge in [0.25, 0.3) is 5.69 Å². The van der Waals surface area contributed by atoms with E-state index in [1.165, 1.54) is 19.3 Å². The molecule has 116 valence electrons. The Morgan fingerprint density at radius 2 is 2.05 bits per heavy atom. The Balaban J connectivity index is 1.96. The second-order valence-electron chi connectivity index (χ2n) is 6.11. The Hall–Kier alpha value is -1.46. The number of nitro groups is 1. The van der Waals surface area contributed by atoms with Crippen molar-refractivity contribution >= 4 is 5.69 Å². The summed E-state index contributed by atoms with van der Waals surface area (Å²) in [6.45, 7) is 7.35. The third kappa shape index (κ3) is 4.79. The van der Waals surface area contributed by atoms with E-state index in [4.69, 9.17) is 0 Å². The summed E-state index contributed by atoms with van der Waals surface area (Å²) < 4.78 is 0. The summed E-state index contributed by atoms with van der Waals surface area (Å²) in [7, 11) is 0.